The number of amides is 1. The maximum atomic E-state index is 11.5. The molecule has 1 N–H and O–H groups in total. The van der Waals surface area contributed by atoms with Gasteiger partial charge in [0.15, 0.2) is 12.2 Å². The summed E-state index contributed by atoms with van der Waals surface area (Å²) in [6, 6.07) is 5.44. The molecule has 0 atom stereocenters. The van der Waals surface area contributed by atoms with Gasteiger partial charge in [0.2, 0.25) is 5.91 Å². The summed E-state index contributed by atoms with van der Waals surface area (Å²) >= 11 is 0. The maximum Gasteiger partial charge on any atom is 0.231 e. The van der Waals surface area contributed by atoms with Gasteiger partial charge in [0.1, 0.15) is 5.78 Å². The molecule has 0 aliphatic rings. The number of carbonyl (C=O) groups excluding carboxylic acids is 2. The predicted molar refractivity (Wildman–Crippen MR) is 70.6 cm³/mol. The Morgan fingerprint density at radius 1 is 1.37 bits per heavy atom. The predicted octanol–water partition coefficient (Wildman–Crippen LogP) is 2.57. The first-order valence-electron chi connectivity index (χ1n) is 5.85. The smallest absolute Gasteiger partial charge is 0.231 e. The molecule has 0 aliphatic carbocycles. The Morgan fingerprint density at radius 3 is 2.74 bits per heavy atom. The molecule has 1 aromatic carbocycles. The number of nitrogens with zero attached hydrogens (tertiary/aromatic N) is 1. The van der Waals surface area contributed by atoms with E-state index in [1.807, 2.05) is 19.1 Å². The molecule has 19 heavy (non-hydrogen) atoms. The average Bonchev–Trinajstić information content (AvgIpc) is 2.81. The lowest BCUT2D eigenvalue weighted by Gasteiger charge is -2.07. The number of aryl methyl sites for hydroxylation is 1. The molecule has 5 heteroatoms. The van der Waals surface area contributed by atoms with E-state index in [1.54, 1.807) is 12.3 Å². The number of rotatable bonds is 4. The molecular formula is C14H14N2O3. The summed E-state index contributed by atoms with van der Waals surface area (Å²) in [5.41, 5.74) is 2.53. The third-order valence-corrected chi connectivity index (χ3v) is 2.62. The zero-order valence-electron chi connectivity index (χ0n) is 10.8. The van der Waals surface area contributed by atoms with E-state index in [-0.39, 0.29) is 18.1 Å². The van der Waals surface area contributed by atoms with Gasteiger partial charge in [-0.2, -0.15) is 0 Å². The van der Waals surface area contributed by atoms with Crippen molar-refractivity contribution < 1.29 is 14.0 Å². The summed E-state index contributed by atoms with van der Waals surface area (Å²) in [4.78, 5) is 26.2. The Labute approximate surface area is 110 Å². The van der Waals surface area contributed by atoms with Crippen molar-refractivity contribution in [3.63, 3.8) is 0 Å². The quantitative estimate of drug-likeness (QED) is 0.855. The van der Waals surface area contributed by atoms with Crippen LogP contribution in [0.1, 0.15) is 18.9 Å². The van der Waals surface area contributed by atoms with Crippen molar-refractivity contribution >= 4 is 17.4 Å². The molecule has 0 saturated carbocycles. The lowest BCUT2D eigenvalue weighted by Crippen LogP contribution is -2.14. The third-order valence-electron chi connectivity index (χ3n) is 2.62. The van der Waals surface area contributed by atoms with Crippen LogP contribution in [0.25, 0.3) is 11.3 Å². The number of hydrogen-bond donors (Lipinski definition) is 1. The normalized spacial score (nSPS) is 10.2. The van der Waals surface area contributed by atoms with Crippen LogP contribution >= 0.6 is 0 Å². The maximum absolute atomic E-state index is 11.5. The van der Waals surface area contributed by atoms with Gasteiger partial charge in [-0.3, -0.25) is 9.59 Å². The van der Waals surface area contributed by atoms with Gasteiger partial charge in [-0.05, 0) is 37.6 Å². The van der Waals surface area contributed by atoms with Crippen LogP contribution in [0.2, 0.25) is 0 Å². The van der Waals surface area contributed by atoms with Crippen molar-refractivity contribution in [2.24, 2.45) is 0 Å². The highest BCUT2D eigenvalue weighted by atomic mass is 16.3. The Morgan fingerprint density at radius 2 is 2.16 bits per heavy atom. The highest BCUT2D eigenvalue weighted by molar-refractivity contribution is 6.03. The minimum atomic E-state index is -0.306. The van der Waals surface area contributed by atoms with E-state index in [9.17, 15) is 9.59 Å². The number of Topliss-reactive ketones (excluding diaryl/α,β-unsaturated/α-hetero) is 1. The van der Waals surface area contributed by atoms with Crippen LogP contribution in [0.4, 0.5) is 5.69 Å². The molecule has 0 bridgehead atoms. The van der Waals surface area contributed by atoms with Crippen LogP contribution in [0.3, 0.4) is 0 Å². The number of hydrogen-bond acceptors (Lipinski definition) is 4. The number of nitrogens with one attached hydrogen (secondary N) is 1. The van der Waals surface area contributed by atoms with E-state index in [0.29, 0.717) is 11.4 Å². The second-order valence-electron chi connectivity index (χ2n) is 4.32. The van der Waals surface area contributed by atoms with Crippen LogP contribution < -0.4 is 5.32 Å². The Bertz CT molecular complexity index is 603. The molecule has 2 aromatic rings. The van der Waals surface area contributed by atoms with Crippen molar-refractivity contribution in [3.8, 4) is 11.3 Å². The Balaban J connectivity index is 2.15. The number of aromatic nitrogens is 1. The summed E-state index contributed by atoms with van der Waals surface area (Å²) < 4.78 is 5.23. The lowest BCUT2D eigenvalue weighted by atomic mass is 10.1. The number of benzene rings is 1. The van der Waals surface area contributed by atoms with Crippen LogP contribution in [-0.2, 0) is 9.59 Å². The fourth-order valence-corrected chi connectivity index (χ4v) is 1.80. The molecule has 1 heterocycles. The first-order chi connectivity index (χ1) is 9.06. The molecule has 0 aliphatic heterocycles. The van der Waals surface area contributed by atoms with Crippen molar-refractivity contribution in [3.05, 3.63) is 36.4 Å². The van der Waals surface area contributed by atoms with Gasteiger partial charge in [-0.15, -0.1) is 0 Å². The molecule has 0 fully saturated rings. The number of ketones is 1. The lowest BCUT2D eigenvalue weighted by molar-refractivity contribution is -0.124. The minimum absolute atomic E-state index is 0.108. The van der Waals surface area contributed by atoms with Crippen LogP contribution in [0.15, 0.2) is 35.2 Å². The molecular weight excluding hydrogens is 244 g/mol. The summed E-state index contributed by atoms with van der Waals surface area (Å²) in [5, 5.41) is 2.68. The van der Waals surface area contributed by atoms with Gasteiger partial charge in [0.05, 0.1) is 12.6 Å². The minimum Gasteiger partial charge on any atom is -0.444 e. The van der Waals surface area contributed by atoms with Gasteiger partial charge in [-0.1, -0.05) is 0 Å². The Kier molecular flexibility index (Phi) is 3.75. The molecule has 1 aromatic heterocycles. The summed E-state index contributed by atoms with van der Waals surface area (Å²) in [6.45, 7) is 3.30. The second-order valence-corrected chi connectivity index (χ2v) is 4.32. The standard InChI is InChI=1S/C14H14N2O3/c1-9-5-11(16-14(18)6-10(2)17)3-4-12(9)13-7-15-8-19-13/h3-5,7-8H,6H2,1-2H3,(H,16,18). The molecule has 0 spiro atoms. The van der Waals surface area contributed by atoms with Crippen LogP contribution in [-0.4, -0.2) is 16.7 Å². The fraction of sp³-hybridized carbons (Fsp3) is 0.214. The van der Waals surface area contributed by atoms with E-state index >= 15 is 0 Å². The SMILES string of the molecule is CC(=O)CC(=O)Nc1ccc(-c2cnco2)c(C)c1. The molecule has 0 saturated heterocycles. The number of oxazole rings is 1. The first-order valence-corrected chi connectivity index (χ1v) is 5.85. The van der Waals surface area contributed by atoms with Gasteiger partial charge in [0, 0.05) is 11.3 Å². The highest BCUT2D eigenvalue weighted by Crippen LogP contribution is 2.25. The molecule has 5 nitrogen and oxygen atoms in total. The van der Waals surface area contributed by atoms with Gasteiger partial charge < -0.3 is 9.73 Å². The topological polar surface area (TPSA) is 72.2 Å². The van der Waals surface area contributed by atoms with E-state index in [0.717, 1.165) is 11.1 Å². The van der Waals surface area contributed by atoms with E-state index < -0.39 is 0 Å². The molecule has 0 unspecified atom stereocenters. The summed E-state index contributed by atoms with van der Waals surface area (Å²) in [7, 11) is 0. The van der Waals surface area contributed by atoms with Gasteiger partial charge >= 0.3 is 0 Å². The van der Waals surface area contributed by atoms with E-state index in [4.69, 9.17) is 4.42 Å². The van der Waals surface area contributed by atoms with Gasteiger partial charge in [-0.25, -0.2) is 4.98 Å². The van der Waals surface area contributed by atoms with Crippen molar-refractivity contribution in [2.75, 3.05) is 5.32 Å². The fourth-order valence-electron chi connectivity index (χ4n) is 1.80. The van der Waals surface area contributed by atoms with Crippen molar-refractivity contribution in [2.45, 2.75) is 20.3 Å². The van der Waals surface area contributed by atoms with E-state index in [2.05, 4.69) is 10.3 Å². The molecule has 1 amide bonds. The number of anilines is 1. The highest BCUT2D eigenvalue weighted by Gasteiger charge is 2.09. The monoisotopic (exact) mass is 258 g/mol. The van der Waals surface area contributed by atoms with E-state index in [1.165, 1.54) is 13.3 Å². The average molecular weight is 258 g/mol. The van der Waals surface area contributed by atoms with Crippen molar-refractivity contribution in [1.29, 1.82) is 0 Å². The first kappa shape index (κ1) is 13.0. The Hall–Kier alpha value is -2.43. The summed E-state index contributed by atoms with van der Waals surface area (Å²) in [5.74, 6) is 0.214. The summed E-state index contributed by atoms with van der Waals surface area (Å²) in [6.07, 6.45) is 2.90. The molecule has 98 valence electrons. The third kappa shape index (κ3) is 3.28. The van der Waals surface area contributed by atoms with Gasteiger partial charge in [0.25, 0.3) is 0 Å². The van der Waals surface area contributed by atoms with Crippen LogP contribution in [0, 0.1) is 6.92 Å². The molecule has 0 radical (unpaired) electrons. The number of carbonyl (C=O) groups is 2. The zero-order valence-corrected chi connectivity index (χ0v) is 10.8. The molecule has 2 rings (SSSR count). The largest absolute Gasteiger partial charge is 0.444 e. The second kappa shape index (κ2) is 5.48. The zero-order chi connectivity index (χ0) is 13.8. The van der Waals surface area contributed by atoms with Crippen LogP contribution in [0.5, 0.6) is 0 Å². The van der Waals surface area contributed by atoms with Crippen molar-refractivity contribution in [1.82, 2.24) is 4.98 Å².